The van der Waals surface area contributed by atoms with Crippen molar-refractivity contribution in [2.75, 3.05) is 26.2 Å². The van der Waals surface area contributed by atoms with Gasteiger partial charge in [0.05, 0.1) is 0 Å². The summed E-state index contributed by atoms with van der Waals surface area (Å²) in [6, 6.07) is 0. The van der Waals surface area contributed by atoms with Gasteiger partial charge in [0, 0.05) is 19.6 Å². The van der Waals surface area contributed by atoms with Crippen LogP contribution in [0, 0.1) is 16.7 Å². The topological polar surface area (TPSA) is 24.1 Å². The van der Waals surface area contributed by atoms with Crippen LogP contribution in [0.3, 0.4) is 0 Å². The van der Waals surface area contributed by atoms with E-state index in [0.29, 0.717) is 10.8 Å². The highest BCUT2D eigenvalue weighted by atomic mass is 15.0. The van der Waals surface area contributed by atoms with Gasteiger partial charge in [-0.15, -0.1) is 0 Å². The van der Waals surface area contributed by atoms with E-state index in [2.05, 4.69) is 31.4 Å². The van der Waals surface area contributed by atoms with Crippen molar-refractivity contribution >= 4 is 0 Å². The molecular weight excluding hydrogens is 220 g/mol. The molecule has 0 aromatic rings. The van der Waals surface area contributed by atoms with Crippen LogP contribution in [0.15, 0.2) is 0 Å². The second kappa shape index (κ2) is 5.92. The van der Waals surface area contributed by atoms with Gasteiger partial charge in [-0.3, -0.25) is 0 Å². The third-order valence-electron chi connectivity index (χ3n) is 5.59. The van der Waals surface area contributed by atoms with Gasteiger partial charge in [0.25, 0.3) is 0 Å². The molecule has 0 aromatic carbocycles. The Labute approximate surface area is 113 Å². The normalized spacial score (nSPS) is 32.0. The SMILES string of the molecule is CC(C)C1(CNCC2(C)CCCCC2)CCNC1. The molecule has 106 valence electrons. The van der Waals surface area contributed by atoms with Crippen LogP contribution in [0.25, 0.3) is 0 Å². The van der Waals surface area contributed by atoms with Crippen molar-refractivity contribution in [3.63, 3.8) is 0 Å². The summed E-state index contributed by atoms with van der Waals surface area (Å²) < 4.78 is 0. The van der Waals surface area contributed by atoms with Gasteiger partial charge in [-0.2, -0.15) is 0 Å². The molecule has 2 aliphatic rings. The van der Waals surface area contributed by atoms with Gasteiger partial charge < -0.3 is 10.6 Å². The number of hydrogen-bond donors (Lipinski definition) is 2. The first-order valence-electron chi connectivity index (χ1n) is 7.98. The van der Waals surface area contributed by atoms with E-state index in [4.69, 9.17) is 0 Å². The first-order chi connectivity index (χ1) is 8.56. The minimum absolute atomic E-state index is 0.505. The Kier molecular flexibility index (Phi) is 4.71. The highest BCUT2D eigenvalue weighted by molar-refractivity contribution is 4.93. The third-order valence-corrected chi connectivity index (χ3v) is 5.59. The molecule has 2 nitrogen and oxygen atoms in total. The molecule has 2 heteroatoms. The summed E-state index contributed by atoms with van der Waals surface area (Å²) in [7, 11) is 0. The molecule has 0 amide bonds. The Morgan fingerprint density at radius 3 is 2.33 bits per heavy atom. The molecule has 2 N–H and O–H groups in total. The molecule has 1 heterocycles. The summed E-state index contributed by atoms with van der Waals surface area (Å²) in [4.78, 5) is 0. The molecule has 1 unspecified atom stereocenters. The van der Waals surface area contributed by atoms with Crippen LogP contribution >= 0.6 is 0 Å². The number of nitrogens with one attached hydrogen (secondary N) is 2. The minimum Gasteiger partial charge on any atom is -0.316 e. The Morgan fingerprint density at radius 2 is 1.78 bits per heavy atom. The average molecular weight is 252 g/mol. The predicted molar refractivity (Wildman–Crippen MR) is 78.8 cm³/mol. The lowest BCUT2D eigenvalue weighted by Gasteiger charge is -2.37. The fourth-order valence-corrected chi connectivity index (χ4v) is 3.81. The molecule has 1 aliphatic heterocycles. The highest BCUT2D eigenvalue weighted by Crippen LogP contribution is 2.36. The summed E-state index contributed by atoms with van der Waals surface area (Å²) in [6.45, 7) is 12.1. The van der Waals surface area contributed by atoms with Crippen LogP contribution in [0.5, 0.6) is 0 Å². The molecule has 1 aliphatic carbocycles. The summed E-state index contributed by atoms with van der Waals surface area (Å²) in [6.07, 6.45) is 8.52. The smallest absolute Gasteiger partial charge is 0.00231 e. The van der Waals surface area contributed by atoms with Crippen molar-refractivity contribution in [2.45, 2.75) is 59.3 Å². The molecule has 18 heavy (non-hydrogen) atoms. The van der Waals surface area contributed by atoms with E-state index in [-0.39, 0.29) is 0 Å². The van der Waals surface area contributed by atoms with Crippen molar-refractivity contribution < 1.29 is 0 Å². The largest absolute Gasteiger partial charge is 0.316 e. The fourth-order valence-electron chi connectivity index (χ4n) is 3.81. The summed E-state index contributed by atoms with van der Waals surface area (Å²) in [5.74, 6) is 0.777. The molecule has 1 atom stereocenters. The molecule has 1 saturated heterocycles. The second-order valence-electron chi connectivity index (χ2n) is 7.42. The van der Waals surface area contributed by atoms with Gasteiger partial charge in [-0.1, -0.05) is 40.0 Å². The Morgan fingerprint density at radius 1 is 1.06 bits per heavy atom. The van der Waals surface area contributed by atoms with E-state index >= 15 is 0 Å². The first-order valence-corrected chi connectivity index (χ1v) is 7.98. The average Bonchev–Trinajstić information content (AvgIpc) is 2.80. The molecular formula is C16H32N2. The molecule has 2 rings (SSSR count). The Bertz CT molecular complexity index is 248. The van der Waals surface area contributed by atoms with Crippen LogP contribution in [0.4, 0.5) is 0 Å². The highest BCUT2D eigenvalue weighted by Gasteiger charge is 2.37. The van der Waals surface area contributed by atoms with Crippen LogP contribution < -0.4 is 10.6 Å². The molecule has 0 bridgehead atoms. The van der Waals surface area contributed by atoms with Crippen LogP contribution in [-0.4, -0.2) is 26.2 Å². The van der Waals surface area contributed by atoms with E-state index in [1.807, 2.05) is 0 Å². The zero-order valence-corrected chi connectivity index (χ0v) is 12.6. The summed E-state index contributed by atoms with van der Waals surface area (Å²) in [5.41, 5.74) is 1.08. The third kappa shape index (κ3) is 3.27. The molecule has 0 radical (unpaired) electrons. The number of rotatable bonds is 5. The lowest BCUT2D eigenvalue weighted by molar-refractivity contribution is 0.169. The molecule has 0 aromatic heterocycles. The van der Waals surface area contributed by atoms with Crippen LogP contribution in [0.1, 0.15) is 59.3 Å². The van der Waals surface area contributed by atoms with Crippen molar-refractivity contribution in [2.24, 2.45) is 16.7 Å². The van der Waals surface area contributed by atoms with Gasteiger partial charge >= 0.3 is 0 Å². The quantitative estimate of drug-likeness (QED) is 0.785. The standard InChI is InChI=1S/C16H32N2/c1-14(2)16(9-10-17-12-16)13-18-11-15(3)7-5-4-6-8-15/h14,17-18H,4-13H2,1-3H3. The van der Waals surface area contributed by atoms with Crippen LogP contribution in [-0.2, 0) is 0 Å². The van der Waals surface area contributed by atoms with E-state index in [9.17, 15) is 0 Å². The van der Waals surface area contributed by atoms with Gasteiger partial charge in [0.15, 0.2) is 0 Å². The van der Waals surface area contributed by atoms with Crippen molar-refractivity contribution in [3.05, 3.63) is 0 Å². The first kappa shape index (κ1) is 14.3. The van der Waals surface area contributed by atoms with Gasteiger partial charge in [0.2, 0.25) is 0 Å². The Balaban J connectivity index is 1.79. The van der Waals surface area contributed by atoms with Crippen molar-refractivity contribution in [1.29, 1.82) is 0 Å². The van der Waals surface area contributed by atoms with Crippen molar-refractivity contribution in [1.82, 2.24) is 10.6 Å². The fraction of sp³-hybridized carbons (Fsp3) is 1.00. The maximum atomic E-state index is 3.82. The van der Waals surface area contributed by atoms with E-state index in [1.165, 1.54) is 64.7 Å². The van der Waals surface area contributed by atoms with Gasteiger partial charge in [0.1, 0.15) is 0 Å². The van der Waals surface area contributed by atoms with Crippen LogP contribution in [0.2, 0.25) is 0 Å². The van der Waals surface area contributed by atoms with E-state index in [1.54, 1.807) is 0 Å². The molecule has 2 fully saturated rings. The van der Waals surface area contributed by atoms with Crippen molar-refractivity contribution in [3.8, 4) is 0 Å². The summed E-state index contributed by atoms with van der Waals surface area (Å²) in [5, 5.41) is 7.37. The molecule has 1 saturated carbocycles. The van der Waals surface area contributed by atoms with E-state index < -0.39 is 0 Å². The van der Waals surface area contributed by atoms with Gasteiger partial charge in [-0.05, 0) is 42.6 Å². The zero-order chi connectivity index (χ0) is 13.1. The van der Waals surface area contributed by atoms with E-state index in [0.717, 1.165) is 5.92 Å². The monoisotopic (exact) mass is 252 g/mol. The zero-order valence-electron chi connectivity index (χ0n) is 12.6. The maximum Gasteiger partial charge on any atom is 0.00231 e. The summed E-state index contributed by atoms with van der Waals surface area (Å²) >= 11 is 0. The number of hydrogen-bond acceptors (Lipinski definition) is 2. The minimum atomic E-state index is 0.505. The maximum absolute atomic E-state index is 3.82. The second-order valence-corrected chi connectivity index (χ2v) is 7.42. The molecule has 0 spiro atoms. The predicted octanol–water partition coefficient (Wildman–Crippen LogP) is 3.18. The lowest BCUT2D eigenvalue weighted by atomic mass is 9.74. The Hall–Kier alpha value is -0.0800. The lowest BCUT2D eigenvalue weighted by Crippen LogP contribution is -2.44. The van der Waals surface area contributed by atoms with Gasteiger partial charge in [-0.25, -0.2) is 0 Å².